The van der Waals surface area contributed by atoms with E-state index in [-0.39, 0.29) is 18.3 Å². The van der Waals surface area contributed by atoms with Crippen molar-refractivity contribution in [2.24, 2.45) is 5.92 Å². The first kappa shape index (κ1) is 24.7. The van der Waals surface area contributed by atoms with Gasteiger partial charge in [-0.2, -0.15) is 0 Å². The van der Waals surface area contributed by atoms with Crippen molar-refractivity contribution in [3.63, 3.8) is 0 Å². The van der Waals surface area contributed by atoms with Crippen LogP contribution >= 0.6 is 12.4 Å². The van der Waals surface area contributed by atoms with Crippen molar-refractivity contribution >= 4 is 18.4 Å². The molecule has 0 saturated heterocycles. The van der Waals surface area contributed by atoms with Gasteiger partial charge in [0.1, 0.15) is 0 Å². The number of halogens is 1. The van der Waals surface area contributed by atoms with Crippen LogP contribution in [0.3, 0.4) is 0 Å². The Kier molecular flexibility index (Phi) is 26.0. The van der Waals surface area contributed by atoms with Gasteiger partial charge in [0.15, 0.2) is 0 Å². The van der Waals surface area contributed by atoms with Gasteiger partial charge in [-0.3, -0.25) is 4.79 Å². The maximum absolute atomic E-state index is 10.6. The van der Waals surface area contributed by atoms with E-state index in [9.17, 15) is 4.79 Å². The predicted octanol–water partition coefficient (Wildman–Crippen LogP) is 4.89. The highest BCUT2D eigenvalue weighted by Crippen LogP contribution is 2.13. The summed E-state index contributed by atoms with van der Waals surface area (Å²) in [5.41, 5.74) is 0. The summed E-state index contributed by atoms with van der Waals surface area (Å²) in [7, 11) is 3.75. The molecule has 0 radical (unpaired) electrons. The van der Waals surface area contributed by atoms with E-state index in [0.717, 1.165) is 12.8 Å². The van der Waals surface area contributed by atoms with Crippen LogP contribution in [0.4, 0.5) is 0 Å². The first-order valence-corrected chi connectivity index (χ1v) is 7.91. The standard InChI is InChI=1S/C14H28O2.C2H7N.ClH/c1-3-4-5-6-7-8-9-10-11-12-13(2)14(15)16;1-3-2;/h13H,3-12H2,1-2H3,(H,15,16);3H,1-2H3;1H. The monoisotopic (exact) mass is 309 g/mol. The third kappa shape index (κ3) is 22.9. The van der Waals surface area contributed by atoms with Gasteiger partial charge in [-0.25, -0.2) is 0 Å². The Balaban J connectivity index is -0.000000657. The molecule has 0 aromatic carbocycles. The number of carbonyl (C=O) groups is 1. The number of hydrogen-bond donors (Lipinski definition) is 2. The maximum atomic E-state index is 10.6. The Bertz CT molecular complexity index is 189. The fraction of sp³-hybridized carbons (Fsp3) is 0.938. The van der Waals surface area contributed by atoms with E-state index in [1.54, 1.807) is 6.92 Å². The first-order valence-electron chi connectivity index (χ1n) is 7.91. The van der Waals surface area contributed by atoms with Crippen LogP contribution in [0.1, 0.15) is 78.1 Å². The average molecular weight is 310 g/mol. The van der Waals surface area contributed by atoms with Crippen molar-refractivity contribution in [2.45, 2.75) is 78.1 Å². The van der Waals surface area contributed by atoms with Crippen LogP contribution < -0.4 is 5.32 Å². The average Bonchev–Trinajstić information content (AvgIpc) is 2.37. The molecule has 0 bridgehead atoms. The highest BCUT2D eigenvalue weighted by molar-refractivity contribution is 5.85. The molecule has 1 atom stereocenters. The smallest absolute Gasteiger partial charge is 0.306 e. The summed E-state index contributed by atoms with van der Waals surface area (Å²) in [6.45, 7) is 4.04. The lowest BCUT2D eigenvalue weighted by Crippen LogP contribution is -2.08. The number of hydrogen-bond acceptors (Lipinski definition) is 2. The number of aliphatic carboxylic acids is 1. The lowest BCUT2D eigenvalue weighted by atomic mass is 10.0. The molecule has 0 fully saturated rings. The van der Waals surface area contributed by atoms with Gasteiger partial charge in [0.05, 0.1) is 5.92 Å². The van der Waals surface area contributed by atoms with Crippen molar-refractivity contribution in [3.05, 3.63) is 0 Å². The molecule has 0 rings (SSSR count). The van der Waals surface area contributed by atoms with Crippen LogP contribution in [-0.2, 0) is 4.79 Å². The Morgan fingerprint density at radius 1 is 0.950 bits per heavy atom. The minimum absolute atomic E-state index is 0. The van der Waals surface area contributed by atoms with Gasteiger partial charge in [0, 0.05) is 0 Å². The molecule has 0 aromatic rings. The molecule has 3 nitrogen and oxygen atoms in total. The molecule has 124 valence electrons. The van der Waals surface area contributed by atoms with Crippen LogP contribution in [-0.4, -0.2) is 25.2 Å². The number of carboxylic acid groups (broad SMARTS) is 1. The summed E-state index contributed by atoms with van der Waals surface area (Å²) in [6.07, 6.45) is 12.5. The third-order valence-corrected chi connectivity index (χ3v) is 3.16. The van der Waals surface area contributed by atoms with Gasteiger partial charge in [0.2, 0.25) is 0 Å². The minimum Gasteiger partial charge on any atom is -0.481 e. The lowest BCUT2D eigenvalue weighted by Gasteiger charge is -2.05. The second-order valence-electron chi connectivity index (χ2n) is 5.36. The molecule has 0 aliphatic heterocycles. The molecule has 2 N–H and O–H groups in total. The SMILES string of the molecule is CCCCCCCCCCCC(C)C(=O)O.CNC.Cl. The van der Waals surface area contributed by atoms with Crippen LogP contribution in [0.2, 0.25) is 0 Å². The summed E-state index contributed by atoms with van der Waals surface area (Å²) in [4.78, 5) is 10.6. The third-order valence-electron chi connectivity index (χ3n) is 3.16. The van der Waals surface area contributed by atoms with Gasteiger partial charge in [-0.05, 0) is 20.5 Å². The summed E-state index contributed by atoms with van der Waals surface area (Å²) < 4.78 is 0. The molecule has 0 aliphatic carbocycles. The van der Waals surface area contributed by atoms with Gasteiger partial charge in [-0.15, -0.1) is 12.4 Å². The van der Waals surface area contributed by atoms with Crippen LogP contribution in [0.15, 0.2) is 0 Å². The Labute approximate surface area is 132 Å². The summed E-state index contributed by atoms with van der Waals surface area (Å²) in [5, 5.41) is 11.5. The van der Waals surface area contributed by atoms with Crippen molar-refractivity contribution in [1.82, 2.24) is 5.32 Å². The maximum Gasteiger partial charge on any atom is 0.306 e. The number of rotatable bonds is 11. The zero-order valence-electron chi connectivity index (χ0n) is 13.9. The Morgan fingerprint density at radius 3 is 1.65 bits per heavy atom. The Hall–Kier alpha value is -0.280. The highest BCUT2D eigenvalue weighted by atomic mass is 35.5. The van der Waals surface area contributed by atoms with Crippen molar-refractivity contribution in [2.75, 3.05) is 14.1 Å². The number of nitrogens with one attached hydrogen (secondary N) is 1. The summed E-state index contributed by atoms with van der Waals surface area (Å²) in [6, 6.07) is 0. The van der Waals surface area contributed by atoms with Gasteiger partial charge in [-0.1, -0.05) is 71.6 Å². The fourth-order valence-corrected chi connectivity index (χ4v) is 1.88. The van der Waals surface area contributed by atoms with E-state index >= 15 is 0 Å². The van der Waals surface area contributed by atoms with Crippen molar-refractivity contribution in [3.8, 4) is 0 Å². The highest BCUT2D eigenvalue weighted by Gasteiger charge is 2.09. The Morgan fingerprint density at radius 2 is 1.30 bits per heavy atom. The normalized spacial score (nSPS) is 11.0. The van der Waals surface area contributed by atoms with E-state index in [0.29, 0.717) is 0 Å². The van der Waals surface area contributed by atoms with Crippen LogP contribution in [0, 0.1) is 5.92 Å². The van der Waals surface area contributed by atoms with Gasteiger partial charge < -0.3 is 10.4 Å². The van der Waals surface area contributed by atoms with E-state index in [4.69, 9.17) is 5.11 Å². The zero-order chi connectivity index (χ0) is 14.9. The largest absolute Gasteiger partial charge is 0.481 e. The zero-order valence-corrected chi connectivity index (χ0v) is 14.7. The molecule has 20 heavy (non-hydrogen) atoms. The molecular weight excluding hydrogens is 274 g/mol. The van der Waals surface area contributed by atoms with Crippen molar-refractivity contribution in [1.29, 1.82) is 0 Å². The second-order valence-corrected chi connectivity index (χ2v) is 5.36. The number of unbranched alkanes of at least 4 members (excludes halogenated alkanes) is 8. The fourth-order valence-electron chi connectivity index (χ4n) is 1.88. The van der Waals surface area contributed by atoms with E-state index in [1.807, 2.05) is 14.1 Å². The van der Waals surface area contributed by atoms with E-state index < -0.39 is 5.97 Å². The lowest BCUT2D eigenvalue weighted by molar-refractivity contribution is -0.141. The summed E-state index contributed by atoms with van der Waals surface area (Å²) >= 11 is 0. The molecule has 0 heterocycles. The topological polar surface area (TPSA) is 49.3 Å². The van der Waals surface area contributed by atoms with Crippen LogP contribution in [0.5, 0.6) is 0 Å². The second kappa shape index (κ2) is 21.0. The summed E-state index contributed by atoms with van der Waals surface area (Å²) in [5.74, 6) is -0.816. The van der Waals surface area contributed by atoms with Gasteiger partial charge >= 0.3 is 5.97 Å². The van der Waals surface area contributed by atoms with Crippen LogP contribution in [0.25, 0.3) is 0 Å². The van der Waals surface area contributed by atoms with E-state index in [2.05, 4.69) is 12.2 Å². The first-order chi connectivity index (χ1) is 9.09. The van der Waals surface area contributed by atoms with Crippen molar-refractivity contribution < 1.29 is 9.90 Å². The molecular formula is C16H36ClNO2. The van der Waals surface area contributed by atoms with Gasteiger partial charge in [0.25, 0.3) is 0 Å². The molecule has 0 aromatic heterocycles. The molecule has 4 heteroatoms. The molecule has 0 saturated carbocycles. The predicted molar refractivity (Wildman–Crippen MR) is 90.9 cm³/mol. The molecule has 0 aliphatic rings. The minimum atomic E-state index is -0.653. The molecule has 1 unspecified atom stereocenters. The quantitative estimate of drug-likeness (QED) is 0.534. The molecule has 0 spiro atoms. The molecule has 0 amide bonds. The number of carboxylic acids is 1. The van der Waals surface area contributed by atoms with E-state index in [1.165, 1.54) is 51.4 Å².